The summed E-state index contributed by atoms with van der Waals surface area (Å²) in [7, 11) is 0. The summed E-state index contributed by atoms with van der Waals surface area (Å²) in [5.74, 6) is 2.08. The number of rotatable bonds is 6. The molecule has 1 unspecified atom stereocenters. The minimum absolute atomic E-state index is 0.107. The lowest BCUT2D eigenvalue weighted by Crippen LogP contribution is -2.26. The van der Waals surface area contributed by atoms with Gasteiger partial charge in [-0.2, -0.15) is 17.0 Å². The molecular weight excluding hydrogens is 256 g/mol. The molecule has 0 aromatic heterocycles. The van der Waals surface area contributed by atoms with Crippen LogP contribution in [0.4, 0.5) is 0 Å². The van der Waals surface area contributed by atoms with Crippen LogP contribution in [0.25, 0.3) is 0 Å². The first-order valence-corrected chi connectivity index (χ1v) is 7.84. The van der Waals surface area contributed by atoms with Crippen LogP contribution in [0.15, 0.2) is 24.3 Å². The molecule has 1 aliphatic heterocycles. The third-order valence-corrected chi connectivity index (χ3v) is 4.58. The fourth-order valence-electron chi connectivity index (χ4n) is 2.21. The van der Waals surface area contributed by atoms with Gasteiger partial charge >= 0.3 is 0 Å². The molecule has 1 aromatic carbocycles. The summed E-state index contributed by atoms with van der Waals surface area (Å²) in [6.07, 6.45) is 4.08. The lowest BCUT2D eigenvalue weighted by atomic mass is 10.2. The Morgan fingerprint density at radius 3 is 3.16 bits per heavy atom. The molecule has 0 bridgehead atoms. The maximum atomic E-state index is 8.49. The second-order valence-corrected chi connectivity index (χ2v) is 6.12. The van der Waals surface area contributed by atoms with E-state index >= 15 is 0 Å². The van der Waals surface area contributed by atoms with E-state index in [1.807, 2.05) is 24.3 Å². The van der Waals surface area contributed by atoms with E-state index in [9.17, 15) is 0 Å². The van der Waals surface area contributed by atoms with E-state index in [2.05, 4.69) is 23.1 Å². The van der Waals surface area contributed by atoms with E-state index < -0.39 is 0 Å². The van der Waals surface area contributed by atoms with Crippen LogP contribution in [0, 0.1) is 11.3 Å². The molecule has 1 heterocycles. The van der Waals surface area contributed by atoms with Crippen LogP contribution in [0.2, 0.25) is 0 Å². The molecule has 102 valence electrons. The van der Waals surface area contributed by atoms with Crippen LogP contribution in [0.3, 0.4) is 0 Å². The second-order valence-electron chi connectivity index (χ2n) is 4.71. The quantitative estimate of drug-likeness (QED) is 0.867. The fraction of sp³-hybridized carbons (Fsp3) is 0.533. The zero-order chi connectivity index (χ0) is 13.3. The Kier molecular flexibility index (Phi) is 6.06. The molecule has 1 aliphatic rings. The van der Waals surface area contributed by atoms with Gasteiger partial charge in [0.2, 0.25) is 0 Å². The second kappa shape index (κ2) is 8.08. The van der Waals surface area contributed by atoms with Crippen LogP contribution >= 0.6 is 11.8 Å². The van der Waals surface area contributed by atoms with Crippen molar-refractivity contribution in [1.29, 1.82) is 5.26 Å². The van der Waals surface area contributed by atoms with Gasteiger partial charge in [0, 0.05) is 18.3 Å². The van der Waals surface area contributed by atoms with Crippen LogP contribution in [-0.2, 0) is 6.54 Å². The van der Waals surface area contributed by atoms with Crippen molar-refractivity contribution in [2.75, 3.05) is 18.9 Å². The SMILES string of the molecule is N#CCOc1cccc(CNCC2CCCCS2)c1. The molecule has 0 spiro atoms. The van der Waals surface area contributed by atoms with Gasteiger partial charge in [-0.05, 0) is 36.3 Å². The highest BCUT2D eigenvalue weighted by atomic mass is 32.2. The number of benzene rings is 1. The van der Waals surface area contributed by atoms with E-state index in [0.29, 0.717) is 0 Å². The van der Waals surface area contributed by atoms with Gasteiger partial charge in [0.1, 0.15) is 11.8 Å². The lowest BCUT2D eigenvalue weighted by molar-refractivity contribution is 0.367. The Labute approximate surface area is 119 Å². The van der Waals surface area contributed by atoms with Gasteiger partial charge in [-0.1, -0.05) is 18.6 Å². The van der Waals surface area contributed by atoms with Crippen molar-refractivity contribution in [3.63, 3.8) is 0 Å². The van der Waals surface area contributed by atoms with Crippen molar-refractivity contribution in [3.8, 4) is 11.8 Å². The molecule has 19 heavy (non-hydrogen) atoms. The molecule has 3 nitrogen and oxygen atoms in total. The van der Waals surface area contributed by atoms with Crippen LogP contribution in [0.1, 0.15) is 24.8 Å². The molecule has 2 rings (SSSR count). The summed E-state index contributed by atoms with van der Waals surface area (Å²) in [6.45, 7) is 2.05. The molecule has 1 aromatic rings. The zero-order valence-corrected chi connectivity index (χ0v) is 11.9. The summed E-state index contributed by atoms with van der Waals surface area (Å²) < 4.78 is 5.30. The number of hydrogen-bond acceptors (Lipinski definition) is 4. The molecule has 1 saturated heterocycles. The fourth-order valence-corrected chi connectivity index (χ4v) is 3.48. The number of hydrogen-bond donors (Lipinski definition) is 1. The van der Waals surface area contributed by atoms with Crippen molar-refractivity contribution in [2.45, 2.75) is 31.1 Å². The third kappa shape index (κ3) is 5.14. The predicted molar refractivity (Wildman–Crippen MR) is 79.4 cm³/mol. The van der Waals surface area contributed by atoms with E-state index in [-0.39, 0.29) is 6.61 Å². The maximum Gasteiger partial charge on any atom is 0.174 e. The largest absolute Gasteiger partial charge is 0.479 e. The van der Waals surface area contributed by atoms with E-state index in [4.69, 9.17) is 10.00 Å². The zero-order valence-electron chi connectivity index (χ0n) is 11.1. The van der Waals surface area contributed by atoms with E-state index in [0.717, 1.165) is 24.1 Å². The van der Waals surface area contributed by atoms with Crippen molar-refractivity contribution in [3.05, 3.63) is 29.8 Å². The molecular formula is C15H20N2OS. The molecule has 1 N–H and O–H groups in total. The van der Waals surface area contributed by atoms with Gasteiger partial charge in [-0.15, -0.1) is 0 Å². The number of nitriles is 1. The van der Waals surface area contributed by atoms with Gasteiger partial charge in [0.05, 0.1) is 0 Å². The summed E-state index contributed by atoms with van der Waals surface area (Å²) in [5, 5.41) is 12.8. The normalized spacial score (nSPS) is 18.8. The average molecular weight is 276 g/mol. The maximum absolute atomic E-state index is 8.49. The monoisotopic (exact) mass is 276 g/mol. The van der Waals surface area contributed by atoms with Gasteiger partial charge in [0.25, 0.3) is 0 Å². The smallest absolute Gasteiger partial charge is 0.174 e. The summed E-state index contributed by atoms with van der Waals surface area (Å²) in [6, 6.07) is 9.92. The Morgan fingerprint density at radius 1 is 1.42 bits per heavy atom. The van der Waals surface area contributed by atoms with Crippen LogP contribution < -0.4 is 10.1 Å². The molecule has 1 fully saturated rings. The number of nitrogens with one attached hydrogen (secondary N) is 1. The summed E-state index contributed by atoms with van der Waals surface area (Å²) in [4.78, 5) is 0. The standard InChI is InChI=1S/C15H20N2OS/c16-7-8-18-14-5-3-4-13(10-14)11-17-12-15-6-1-2-9-19-15/h3-5,10,15,17H,1-2,6,8-9,11-12H2. The Balaban J connectivity index is 1.74. The lowest BCUT2D eigenvalue weighted by Gasteiger charge is -2.21. The highest BCUT2D eigenvalue weighted by Crippen LogP contribution is 2.24. The summed E-state index contributed by atoms with van der Waals surface area (Å²) in [5.41, 5.74) is 1.20. The molecule has 0 saturated carbocycles. The van der Waals surface area contributed by atoms with Crippen molar-refractivity contribution >= 4 is 11.8 Å². The number of ether oxygens (including phenoxy) is 1. The number of nitrogens with zero attached hydrogens (tertiary/aromatic N) is 1. The van der Waals surface area contributed by atoms with Gasteiger partial charge < -0.3 is 10.1 Å². The molecule has 4 heteroatoms. The van der Waals surface area contributed by atoms with E-state index in [1.54, 1.807) is 0 Å². The van der Waals surface area contributed by atoms with Crippen LogP contribution in [0.5, 0.6) is 5.75 Å². The highest BCUT2D eigenvalue weighted by Gasteiger charge is 2.12. The number of thioether (sulfide) groups is 1. The van der Waals surface area contributed by atoms with Gasteiger partial charge in [0.15, 0.2) is 6.61 Å². The van der Waals surface area contributed by atoms with Crippen molar-refractivity contribution in [2.24, 2.45) is 0 Å². The first kappa shape index (κ1) is 14.2. The first-order valence-electron chi connectivity index (χ1n) is 6.79. The van der Waals surface area contributed by atoms with Gasteiger partial charge in [-0.25, -0.2) is 0 Å². The topological polar surface area (TPSA) is 45.0 Å². The molecule has 1 atom stereocenters. The minimum Gasteiger partial charge on any atom is -0.479 e. The first-order chi connectivity index (χ1) is 9.38. The van der Waals surface area contributed by atoms with Crippen LogP contribution in [-0.4, -0.2) is 24.2 Å². The van der Waals surface area contributed by atoms with E-state index in [1.165, 1.54) is 30.6 Å². The third-order valence-electron chi connectivity index (χ3n) is 3.18. The molecule has 0 radical (unpaired) electrons. The molecule has 0 aliphatic carbocycles. The Bertz CT molecular complexity index is 424. The molecule has 0 amide bonds. The highest BCUT2D eigenvalue weighted by molar-refractivity contribution is 7.99. The minimum atomic E-state index is 0.107. The average Bonchev–Trinajstić information content (AvgIpc) is 2.47. The van der Waals surface area contributed by atoms with Crippen molar-refractivity contribution in [1.82, 2.24) is 5.32 Å². The Hall–Kier alpha value is -1.18. The van der Waals surface area contributed by atoms with Crippen molar-refractivity contribution < 1.29 is 4.74 Å². The summed E-state index contributed by atoms with van der Waals surface area (Å²) >= 11 is 2.09. The van der Waals surface area contributed by atoms with Gasteiger partial charge in [-0.3, -0.25) is 0 Å². The predicted octanol–water partition coefficient (Wildman–Crippen LogP) is 2.96. The Morgan fingerprint density at radius 2 is 2.37 bits per heavy atom.